The number of hydrogen-bond acceptors (Lipinski definition) is 4. The van der Waals surface area contributed by atoms with Crippen LogP contribution in [-0.4, -0.2) is 67.5 Å². The Morgan fingerprint density at radius 2 is 1.77 bits per heavy atom. The number of ether oxygens (including phenoxy) is 1. The number of rotatable bonds is 7. The van der Waals surface area contributed by atoms with Crippen LogP contribution in [0.2, 0.25) is 5.02 Å². The van der Waals surface area contributed by atoms with Gasteiger partial charge in [-0.2, -0.15) is 0 Å². The number of nitrogens with one attached hydrogen (secondary N) is 1. The molecule has 144 valence electrons. The molecule has 6 nitrogen and oxygen atoms in total. The standard InChI is InChI=1S/C19H28ClN3O3/c1-14(2)12-17(19(25)23-10-8-22(3)9-11-23)21-18(24)13-26-16-6-4-15(20)5-7-16/h4-7,14,17H,8-13H2,1-3H3,(H,21,24)/t17-/m1/s1. The third kappa shape index (κ3) is 6.50. The van der Waals surface area contributed by atoms with Gasteiger partial charge in [-0.05, 0) is 43.7 Å². The third-order valence-electron chi connectivity index (χ3n) is 4.34. The molecule has 0 radical (unpaired) electrons. The van der Waals surface area contributed by atoms with Crippen molar-refractivity contribution in [1.29, 1.82) is 0 Å². The lowest BCUT2D eigenvalue weighted by Gasteiger charge is -2.35. The molecule has 1 aliphatic rings. The van der Waals surface area contributed by atoms with Crippen molar-refractivity contribution < 1.29 is 14.3 Å². The average Bonchev–Trinajstić information content (AvgIpc) is 2.60. The molecular formula is C19H28ClN3O3. The summed E-state index contributed by atoms with van der Waals surface area (Å²) >= 11 is 5.83. The molecule has 0 aromatic heterocycles. The second-order valence-electron chi connectivity index (χ2n) is 7.12. The summed E-state index contributed by atoms with van der Waals surface area (Å²) in [6.07, 6.45) is 0.609. The number of piperazine rings is 1. The van der Waals surface area contributed by atoms with Gasteiger partial charge < -0.3 is 19.9 Å². The van der Waals surface area contributed by atoms with Gasteiger partial charge in [0.25, 0.3) is 5.91 Å². The van der Waals surface area contributed by atoms with Crippen LogP contribution in [-0.2, 0) is 9.59 Å². The maximum atomic E-state index is 12.8. The fraction of sp³-hybridized carbons (Fsp3) is 0.579. The molecule has 1 aromatic carbocycles. The number of hydrogen-bond donors (Lipinski definition) is 1. The second-order valence-corrected chi connectivity index (χ2v) is 7.56. The normalized spacial score (nSPS) is 16.4. The van der Waals surface area contributed by atoms with Gasteiger partial charge in [-0.15, -0.1) is 0 Å². The van der Waals surface area contributed by atoms with Crippen molar-refractivity contribution in [1.82, 2.24) is 15.1 Å². The van der Waals surface area contributed by atoms with Crippen LogP contribution in [0, 0.1) is 5.92 Å². The number of carbonyl (C=O) groups excluding carboxylic acids is 2. The quantitative estimate of drug-likeness (QED) is 0.785. The first-order chi connectivity index (χ1) is 12.3. The van der Waals surface area contributed by atoms with E-state index in [2.05, 4.69) is 10.2 Å². The first-order valence-corrected chi connectivity index (χ1v) is 9.38. The molecule has 0 bridgehead atoms. The van der Waals surface area contributed by atoms with Crippen molar-refractivity contribution in [2.75, 3.05) is 39.8 Å². The van der Waals surface area contributed by atoms with Crippen molar-refractivity contribution in [2.45, 2.75) is 26.3 Å². The molecule has 0 spiro atoms. The van der Waals surface area contributed by atoms with E-state index in [9.17, 15) is 9.59 Å². The Labute approximate surface area is 160 Å². The van der Waals surface area contributed by atoms with Crippen LogP contribution in [0.3, 0.4) is 0 Å². The minimum atomic E-state index is -0.514. The molecule has 1 saturated heterocycles. The monoisotopic (exact) mass is 381 g/mol. The predicted octanol–water partition coefficient (Wildman–Crippen LogP) is 2.02. The zero-order chi connectivity index (χ0) is 19.1. The fourth-order valence-corrected chi connectivity index (χ4v) is 2.98. The minimum absolute atomic E-state index is 0.00774. The van der Waals surface area contributed by atoms with Crippen LogP contribution in [0.1, 0.15) is 20.3 Å². The van der Waals surface area contributed by atoms with Gasteiger partial charge in [-0.1, -0.05) is 25.4 Å². The van der Waals surface area contributed by atoms with Gasteiger partial charge >= 0.3 is 0 Å². The van der Waals surface area contributed by atoms with Gasteiger partial charge in [-0.3, -0.25) is 9.59 Å². The highest BCUT2D eigenvalue weighted by molar-refractivity contribution is 6.30. The summed E-state index contributed by atoms with van der Waals surface area (Å²) < 4.78 is 5.47. The SMILES string of the molecule is CC(C)C[C@@H](NC(=O)COc1ccc(Cl)cc1)C(=O)N1CCN(C)CC1. The summed E-state index contributed by atoms with van der Waals surface area (Å²) in [6, 6.07) is 6.30. The van der Waals surface area contributed by atoms with E-state index in [1.165, 1.54) is 0 Å². The zero-order valence-electron chi connectivity index (χ0n) is 15.7. The Balaban J connectivity index is 1.90. The van der Waals surface area contributed by atoms with E-state index in [4.69, 9.17) is 16.3 Å². The second kappa shape index (κ2) is 9.78. The third-order valence-corrected chi connectivity index (χ3v) is 4.59. The molecule has 1 heterocycles. The first kappa shape index (κ1) is 20.5. The van der Waals surface area contributed by atoms with E-state index >= 15 is 0 Å². The van der Waals surface area contributed by atoms with Crippen LogP contribution in [0.5, 0.6) is 5.75 Å². The zero-order valence-corrected chi connectivity index (χ0v) is 16.5. The fourth-order valence-electron chi connectivity index (χ4n) is 2.86. The molecule has 0 aliphatic carbocycles. The van der Waals surface area contributed by atoms with Crippen LogP contribution < -0.4 is 10.1 Å². The average molecular weight is 382 g/mol. The molecule has 1 atom stereocenters. The van der Waals surface area contributed by atoms with Crippen LogP contribution in [0.4, 0.5) is 0 Å². The van der Waals surface area contributed by atoms with Crippen molar-refractivity contribution >= 4 is 23.4 Å². The number of likely N-dealkylation sites (N-methyl/N-ethyl adjacent to an activating group) is 1. The smallest absolute Gasteiger partial charge is 0.258 e. The first-order valence-electron chi connectivity index (χ1n) is 9.00. The summed E-state index contributed by atoms with van der Waals surface area (Å²) in [6.45, 7) is 7.05. The van der Waals surface area contributed by atoms with Gasteiger partial charge in [0.2, 0.25) is 5.91 Å². The van der Waals surface area contributed by atoms with E-state index in [1.807, 2.05) is 25.8 Å². The molecule has 7 heteroatoms. The van der Waals surface area contributed by atoms with E-state index in [0.717, 1.165) is 13.1 Å². The molecular weight excluding hydrogens is 354 g/mol. The van der Waals surface area contributed by atoms with Crippen molar-refractivity contribution in [2.24, 2.45) is 5.92 Å². The number of halogens is 1. The topological polar surface area (TPSA) is 61.9 Å². The molecule has 1 aromatic rings. The summed E-state index contributed by atoms with van der Waals surface area (Å²) in [5.41, 5.74) is 0. The Hall–Kier alpha value is -1.79. The predicted molar refractivity (Wildman–Crippen MR) is 102 cm³/mol. The van der Waals surface area contributed by atoms with Crippen LogP contribution >= 0.6 is 11.6 Å². The van der Waals surface area contributed by atoms with Gasteiger partial charge in [0.15, 0.2) is 6.61 Å². The van der Waals surface area contributed by atoms with Gasteiger partial charge in [0, 0.05) is 31.2 Å². The van der Waals surface area contributed by atoms with Gasteiger partial charge in [0.1, 0.15) is 11.8 Å². The highest BCUT2D eigenvalue weighted by Gasteiger charge is 2.28. The lowest BCUT2D eigenvalue weighted by Crippen LogP contribution is -2.55. The Morgan fingerprint density at radius 1 is 1.15 bits per heavy atom. The van der Waals surface area contributed by atoms with Crippen LogP contribution in [0.15, 0.2) is 24.3 Å². The number of nitrogens with zero attached hydrogens (tertiary/aromatic N) is 2. The van der Waals surface area contributed by atoms with Gasteiger partial charge in [-0.25, -0.2) is 0 Å². The van der Waals surface area contributed by atoms with E-state index in [0.29, 0.717) is 36.2 Å². The highest BCUT2D eigenvalue weighted by Crippen LogP contribution is 2.15. The molecule has 1 N–H and O–H groups in total. The molecule has 0 unspecified atom stereocenters. The lowest BCUT2D eigenvalue weighted by molar-refractivity contribution is -0.138. The number of carbonyl (C=O) groups is 2. The Morgan fingerprint density at radius 3 is 2.35 bits per heavy atom. The maximum absolute atomic E-state index is 12.8. The largest absolute Gasteiger partial charge is 0.484 e. The lowest BCUT2D eigenvalue weighted by atomic mass is 10.0. The molecule has 1 aliphatic heterocycles. The minimum Gasteiger partial charge on any atom is -0.484 e. The van der Waals surface area contributed by atoms with E-state index < -0.39 is 6.04 Å². The molecule has 1 fully saturated rings. The molecule has 26 heavy (non-hydrogen) atoms. The van der Waals surface area contributed by atoms with E-state index in [-0.39, 0.29) is 18.4 Å². The van der Waals surface area contributed by atoms with Crippen molar-refractivity contribution in [3.05, 3.63) is 29.3 Å². The molecule has 2 rings (SSSR count). The number of benzene rings is 1. The number of amides is 2. The van der Waals surface area contributed by atoms with Crippen LogP contribution in [0.25, 0.3) is 0 Å². The molecule has 2 amide bonds. The summed E-state index contributed by atoms with van der Waals surface area (Å²) in [7, 11) is 2.04. The Kier molecular flexibility index (Phi) is 7.72. The maximum Gasteiger partial charge on any atom is 0.258 e. The van der Waals surface area contributed by atoms with Gasteiger partial charge in [0.05, 0.1) is 0 Å². The summed E-state index contributed by atoms with van der Waals surface area (Å²) in [5.74, 6) is 0.559. The summed E-state index contributed by atoms with van der Waals surface area (Å²) in [4.78, 5) is 29.1. The van der Waals surface area contributed by atoms with E-state index in [1.54, 1.807) is 24.3 Å². The Bertz CT molecular complexity index is 599. The van der Waals surface area contributed by atoms with Crippen molar-refractivity contribution in [3.63, 3.8) is 0 Å². The summed E-state index contributed by atoms with van der Waals surface area (Å²) in [5, 5.41) is 3.45. The highest BCUT2D eigenvalue weighted by atomic mass is 35.5. The molecule has 0 saturated carbocycles. The van der Waals surface area contributed by atoms with Crippen molar-refractivity contribution in [3.8, 4) is 5.75 Å².